The van der Waals surface area contributed by atoms with E-state index in [2.05, 4.69) is 61.6 Å². The van der Waals surface area contributed by atoms with Crippen molar-refractivity contribution in [3.8, 4) is 17.2 Å². The molecule has 0 aromatic carbocycles. The SMILES string of the molecule is CCCCCOS(=O)(=O)C(F)(F)F.COC(=O)c1scc(Br)c1O.COC(=O)c1scc(Br)c1OCCCCOc1c(Br)csc1C(=O)OC.O=CO[O-].[H-].[K+].[K+]. The number of esters is 3. The molecule has 0 saturated heterocycles. The molecule has 3 aromatic rings. The van der Waals surface area contributed by atoms with Crippen LogP contribution in [0, 0.1) is 0 Å². The quantitative estimate of drug-likeness (QED) is 0.0249. The number of carbonyl (C=O) groups is 4. The summed E-state index contributed by atoms with van der Waals surface area (Å²) >= 11 is 13.5. The summed E-state index contributed by atoms with van der Waals surface area (Å²) in [4.78, 5) is 46.6. The molecule has 0 aliphatic carbocycles. The largest absolute Gasteiger partial charge is 1.00 e. The van der Waals surface area contributed by atoms with Gasteiger partial charge in [-0.3, -0.25) is 8.98 Å². The molecule has 27 heteroatoms. The molecule has 1 N–H and O–H groups in total. The maximum Gasteiger partial charge on any atom is 1.00 e. The molecule has 0 saturated carbocycles. The number of halogens is 6. The maximum absolute atomic E-state index is 11.7. The van der Waals surface area contributed by atoms with Crippen LogP contribution in [0.1, 0.15) is 69.5 Å². The summed E-state index contributed by atoms with van der Waals surface area (Å²) in [6, 6.07) is 0. The van der Waals surface area contributed by atoms with Gasteiger partial charge in [-0.1, -0.05) is 19.8 Å². The van der Waals surface area contributed by atoms with E-state index in [4.69, 9.17) is 29.0 Å². The van der Waals surface area contributed by atoms with Gasteiger partial charge in [-0.25, -0.2) is 14.4 Å². The van der Waals surface area contributed by atoms with Crippen molar-refractivity contribution in [1.82, 2.24) is 0 Å². The molecule has 0 radical (unpaired) electrons. The third-order valence-corrected chi connectivity index (χ3v) is 12.1. The molecule has 0 aliphatic rings. The van der Waals surface area contributed by atoms with Crippen molar-refractivity contribution in [3.63, 3.8) is 0 Å². The second-order valence-corrected chi connectivity index (χ2v) is 16.1. The van der Waals surface area contributed by atoms with E-state index in [1.165, 1.54) is 44.0 Å². The fourth-order valence-electron chi connectivity index (χ4n) is 3.10. The van der Waals surface area contributed by atoms with Crippen molar-refractivity contribution < 1.29 is 188 Å². The standard InChI is InChI=1S/C16H16Br2O6S2.C6H5BrO3S.C6H11F3O3S.CH2O3.2K.H/c1-21-15(19)13-11(9(17)7-25-13)23-5-3-4-6-24-12-10(18)8-26-14(12)16(20)22-2;1-10-6(9)5-4(8)3(7)2-11-5;1-2-3-4-5-12-13(10,11)6(7,8)9;2-1-4-3;;;/h7-8H,3-6H2,1-2H3;2,8H,1H3;2-5H2,1H3;1,3H;;;/q;;;;2*+1;-1/p-1. The first-order valence-electron chi connectivity index (χ1n) is 14.6. The fourth-order valence-corrected chi connectivity index (χ4v) is 7.93. The van der Waals surface area contributed by atoms with E-state index in [1.54, 1.807) is 16.1 Å². The summed E-state index contributed by atoms with van der Waals surface area (Å²) < 4.78 is 86.4. The second-order valence-electron chi connectivity index (χ2n) is 9.25. The second kappa shape index (κ2) is 33.4. The molecule has 3 aromatic heterocycles. The van der Waals surface area contributed by atoms with E-state index in [-0.39, 0.29) is 121 Å². The third-order valence-electron chi connectivity index (χ3n) is 5.58. The number of hydrogen-bond donors (Lipinski definition) is 1. The van der Waals surface area contributed by atoms with Gasteiger partial charge in [0.25, 0.3) is 6.47 Å². The van der Waals surface area contributed by atoms with Crippen LogP contribution in [-0.2, 0) is 38.2 Å². The predicted octanol–water partition coefficient (Wildman–Crippen LogP) is 1.75. The molecule has 3 rings (SSSR count). The molecule has 0 spiro atoms. The van der Waals surface area contributed by atoms with Crippen LogP contribution in [0.25, 0.3) is 0 Å². The summed E-state index contributed by atoms with van der Waals surface area (Å²) in [5, 5.41) is 22.8. The average molecular weight is 1130 g/mol. The van der Waals surface area contributed by atoms with Gasteiger partial charge in [-0.05, 0) is 67.1 Å². The topological polar surface area (TPSA) is 210 Å². The number of rotatable bonds is 16. The van der Waals surface area contributed by atoms with Crippen LogP contribution >= 0.6 is 81.8 Å². The Balaban J connectivity index is -0.000000381. The van der Waals surface area contributed by atoms with Gasteiger partial charge in [0.05, 0.1) is 54.6 Å². The van der Waals surface area contributed by atoms with Gasteiger partial charge in [0.15, 0.2) is 31.9 Å². The van der Waals surface area contributed by atoms with Crippen molar-refractivity contribution in [2.75, 3.05) is 41.2 Å². The minimum atomic E-state index is -5.38. The normalized spacial score (nSPS) is 10.2. The van der Waals surface area contributed by atoms with Crippen LogP contribution < -0.4 is 118 Å². The Morgan fingerprint density at radius 3 is 1.45 bits per heavy atom. The van der Waals surface area contributed by atoms with E-state index in [0.717, 1.165) is 39.5 Å². The monoisotopic (exact) mass is 1120 g/mol. The van der Waals surface area contributed by atoms with Gasteiger partial charge >= 0.3 is 136 Å². The number of hydrogen-bond acceptors (Lipinski definition) is 18. The van der Waals surface area contributed by atoms with E-state index < -0.39 is 40.1 Å². The summed E-state index contributed by atoms with van der Waals surface area (Å²) in [5.41, 5.74) is -5.31. The smallest absolute Gasteiger partial charge is 1.00 e. The van der Waals surface area contributed by atoms with Crippen LogP contribution in [-0.4, -0.2) is 84.6 Å². The van der Waals surface area contributed by atoms with Gasteiger partial charge < -0.3 is 40.4 Å². The minimum Gasteiger partial charge on any atom is -1.00 e. The molecule has 0 amide bonds. The summed E-state index contributed by atoms with van der Waals surface area (Å²) in [5.74, 6) is -0.416. The maximum atomic E-state index is 11.7. The molecule has 0 atom stereocenters. The van der Waals surface area contributed by atoms with Gasteiger partial charge in [0.1, 0.15) is 0 Å². The van der Waals surface area contributed by atoms with E-state index in [1.807, 2.05) is 6.92 Å². The molecule has 0 fully saturated rings. The van der Waals surface area contributed by atoms with Crippen LogP contribution in [0.3, 0.4) is 0 Å². The first kappa shape index (κ1) is 61.1. The third kappa shape index (κ3) is 22.6. The number of thiophene rings is 3. The van der Waals surface area contributed by atoms with Crippen LogP contribution in [0.15, 0.2) is 29.6 Å². The predicted molar refractivity (Wildman–Crippen MR) is 201 cm³/mol. The molecule has 0 bridgehead atoms. The Bertz CT molecular complexity index is 1670. The average Bonchev–Trinajstić information content (AvgIpc) is 3.82. The molecule has 3 heterocycles. The molecule has 308 valence electrons. The summed E-state index contributed by atoms with van der Waals surface area (Å²) in [6.45, 7) is 2.11. The Kier molecular flexibility index (Phi) is 36.4. The van der Waals surface area contributed by atoms with Crippen LogP contribution in [0.5, 0.6) is 17.2 Å². The van der Waals surface area contributed by atoms with Gasteiger partial charge in [0.2, 0.25) is 0 Å². The first-order chi connectivity index (χ1) is 25.4. The van der Waals surface area contributed by atoms with Crippen LogP contribution in [0.2, 0.25) is 0 Å². The summed E-state index contributed by atoms with van der Waals surface area (Å²) in [7, 11) is -1.43. The van der Waals surface area contributed by atoms with Crippen molar-refractivity contribution >= 4 is 116 Å². The van der Waals surface area contributed by atoms with Crippen LogP contribution in [0.4, 0.5) is 13.2 Å². The van der Waals surface area contributed by atoms with E-state index in [9.17, 15) is 41.1 Å². The molecular formula is C29H34Br3F3K2O15S4. The Hall–Kier alpha value is 0.753. The van der Waals surface area contributed by atoms with Crippen molar-refractivity contribution in [3.05, 3.63) is 44.2 Å². The number of unbranched alkanes of at least 4 members (excludes halogenated alkanes) is 3. The molecule has 0 aliphatic heterocycles. The number of carbonyl (C=O) groups excluding carboxylic acids is 4. The zero-order chi connectivity index (χ0) is 41.5. The molecule has 15 nitrogen and oxygen atoms in total. The molecule has 56 heavy (non-hydrogen) atoms. The number of alkyl halides is 3. The Labute approximate surface area is 444 Å². The van der Waals surface area contributed by atoms with E-state index >= 15 is 0 Å². The zero-order valence-electron chi connectivity index (χ0n) is 31.5. The molecule has 0 unspecified atom stereocenters. The first-order valence-corrected chi connectivity index (χ1v) is 21.0. The van der Waals surface area contributed by atoms with Gasteiger partial charge in [-0.2, -0.15) is 21.6 Å². The van der Waals surface area contributed by atoms with E-state index in [0.29, 0.717) is 51.8 Å². The fraction of sp³-hybridized carbons (Fsp3) is 0.448. The molecular weight excluding hydrogens is 1090 g/mol. The van der Waals surface area contributed by atoms with Crippen molar-refractivity contribution in [1.29, 1.82) is 0 Å². The number of methoxy groups -OCH3 is 3. The minimum absolute atomic E-state index is 0. The Morgan fingerprint density at radius 2 is 1.12 bits per heavy atom. The number of ether oxygens (including phenoxy) is 5. The van der Waals surface area contributed by atoms with Gasteiger partial charge in [0, 0.05) is 16.1 Å². The zero-order valence-corrected chi connectivity index (χ0v) is 44.8. The Morgan fingerprint density at radius 1 is 0.768 bits per heavy atom. The van der Waals surface area contributed by atoms with Crippen molar-refractivity contribution in [2.24, 2.45) is 0 Å². The van der Waals surface area contributed by atoms with Crippen molar-refractivity contribution in [2.45, 2.75) is 44.5 Å². The number of aromatic hydroxyl groups is 1. The summed E-state index contributed by atoms with van der Waals surface area (Å²) in [6.07, 6.45) is 3.19. The van der Waals surface area contributed by atoms with Gasteiger partial charge in [-0.15, -0.1) is 34.0 Å².